The van der Waals surface area contributed by atoms with Gasteiger partial charge in [-0.2, -0.15) is 4.31 Å². The topological polar surface area (TPSA) is 58.6 Å². The summed E-state index contributed by atoms with van der Waals surface area (Å²) in [5, 5.41) is 3.34. The molecule has 0 radical (unpaired) electrons. The van der Waals surface area contributed by atoms with Gasteiger partial charge in [-0.1, -0.05) is 13.3 Å². The third-order valence-electron chi connectivity index (χ3n) is 3.50. The number of likely N-dealkylation sites (N-methyl/N-ethyl adjacent to an activating group) is 1. The van der Waals surface area contributed by atoms with Crippen LogP contribution in [0, 0.1) is 0 Å². The molecular formula is C12H26N2O3S. The number of piperidine rings is 1. The van der Waals surface area contributed by atoms with Crippen LogP contribution in [0.15, 0.2) is 0 Å². The lowest BCUT2D eigenvalue weighted by Crippen LogP contribution is -2.53. The monoisotopic (exact) mass is 278 g/mol. The van der Waals surface area contributed by atoms with Gasteiger partial charge in [0, 0.05) is 25.7 Å². The van der Waals surface area contributed by atoms with Gasteiger partial charge in [0.15, 0.2) is 0 Å². The third-order valence-corrected chi connectivity index (χ3v) is 5.35. The predicted molar refractivity (Wildman–Crippen MR) is 73.1 cm³/mol. The molecule has 0 aromatic heterocycles. The van der Waals surface area contributed by atoms with Crippen LogP contribution in [0.5, 0.6) is 0 Å². The van der Waals surface area contributed by atoms with Crippen molar-refractivity contribution in [2.75, 3.05) is 32.6 Å². The van der Waals surface area contributed by atoms with Crippen LogP contribution in [0.3, 0.4) is 0 Å². The summed E-state index contributed by atoms with van der Waals surface area (Å²) in [7, 11) is -1.66. The van der Waals surface area contributed by atoms with Gasteiger partial charge in [-0.05, 0) is 26.3 Å². The molecule has 1 fully saturated rings. The fourth-order valence-corrected chi connectivity index (χ4v) is 4.26. The van der Waals surface area contributed by atoms with E-state index in [1.807, 2.05) is 6.92 Å². The zero-order valence-corrected chi connectivity index (χ0v) is 12.5. The number of hydrogen-bond donors (Lipinski definition) is 1. The van der Waals surface area contributed by atoms with Crippen LogP contribution in [0.25, 0.3) is 0 Å². The lowest BCUT2D eigenvalue weighted by atomic mass is 9.99. The molecule has 6 heteroatoms. The van der Waals surface area contributed by atoms with Crippen LogP contribution in [0.1, 0.15) is 33.1 Å². The Morgan fingerprint density at radius 2 is 2.17 bits per heavy atom. The fourth-order valence-electron chi connectivity index (χ4n) is 2.54. The molecule has 0 aromatic carbocycles. The Morgan fingerprint density at radius 1 is 1.44 bits per heavy atom. The summed E-state index contributed by atoms with van der Waals surface area (Å²) in [5.41, 5.74) is 0. The molecular weight excluding hydrogens is 252 g/mol. The zero-order valence-electron chi connectivity index (χ0n) is 11.7. The van der Waals surface area contributed by atoms with Crippen molar-refractivity contribution in [3.63, 3.8) is 0 Å². The Balaban J connectivity index is 2.75. The maximum Gasteiger partial charge on any atom is 0.216 e. The van der Waals surface area contributed by atoms with Gasteiger partial charge in [0.1, 0.15) is 0 Å². The Hall–Kier alpha value is -0.170. The second-order valence-corrected chi connectivity index (χ2v) is 6.87. The Labute approximate surface area is 111 Å². The smallest absolute Gasteiger partial charge is 0.216 e. The molecule has 1 N–H and O–H groups in total. The van der Waals surface area contributed by atoms with E-state index in [0.29, 0.717) is 6.54 Å². The van der Waals surface area contributed by atoms with Gasteiger partial charge >= 0.3 is 0 Å². The highest BCUT2D eigenvalue weighted by molar-refractivity contribution is 7.89. The van der Waals surface area contributed by atoms with Crippen molar-refractivity contribution in [1.29, 1.82) is 0 Å². The first-order valence-corrected chi connectivity index (χ1v) is 8.35. The first-order valence-electron chi connectivity index (χ1n) is 6.74. The van der Waals surface area contributed by atoms with Crippen molar-refractivity contribution in [2.45, 2.75) is 45.2 Å². The lowest BCUT2D eigenvalue weighted by molar-refractivity contribution is 0.197. The largest absolute Gasteiger partial charge is 0.384 e. The zero-order chi connectivity index (χ0) is 13.6. The van der Waals surface area contributed by atoms with Crippen molar-refractivity contribution in [2.24, 2.45) is 0 Å². The van der Waals surface area contributed by atoms with Crippen molar-refractivity contribution in [1.82, 2.24) is 9.62 Å². The molecule has 5 nitrogen and oxygen atoms in total. The number of rotatable bonds is 7. The molecule has 18 heavy (non-hydrogen) atoms. The van der Waals surface area contributed by atoms with Crippen molar-refractivity contribution in [3.05, 3.63) is 0 Å². The summed E-state index contributed by atoms with van der Waals surface area (Å²) in [6, 6.07) is 0.285. The fraction of sp³-hybridized carbons (Fsp3) is 1.00. The Bertz CT molecular complexity index is 332. The number of hydrogen-bond acceptors (Lipinski definition) is 4. The maximum absolute atomic E-state index is 12.3. The Morgan fingerprint density at radius 3 is 2.78 bits per heavy atom. The summed E-state index contributed by atoms with van der Waals surface area (Å²) in [4.78, 5) is 0. The van der Waals surface area contributed by atoms with E-state index < -0.39 is 10.0 Å². The highest BCUT2D eigenvalue weighted by atomic mass is 32.2. The standard InChI is InChI=1S/C12H26N2O3S/c1-4-13-11(2)12-7-5-6-8-14(12)18(15,16)10-9-17-3/h11-13H,4-10H2,1-3H3. The lowest BCUT2D eigenvalue weighted by Gasteiger charge is -2.38. The molecule has 1 aliphatic rings. The summed E-state index contributed by atoms with van der Waals surface area (Å²) in [6.45, 7) is 5.89. The number of sulfonamides is 1. The molecule has 2 unspecified atom stereocenters. The van der Waals surface area contributed by atoms with Crippen LogP contribution >= 0.6 is 0 Å². The van der Waals surface area contributed by atoms with Crippen molar-refractivity contribution in [3.8, 4) is 0 Å². The van der Waals surface area contributed by atoms with Gasteiger partial charge in [-0.25, -0.2) is 8.42 Å². The first-order chi connectivity index (χ1) is 8.53. The highest BCUT2D eigenvalue weighted by Gasteiger charge is 2.34. The van der Waals surface area contributed by atoms with Crippen LogP contribution in [0.4, 0.5) is 0 Å². The minimum absolute atomic E-state index is 0.0822. The van der Waals surface area contributed by atoms with Gasteiger partial charge < -0.3 is 10.1 Å². The predicted octanol–water partition coefficient (Wildman–Crippen LogP) is 0.815. The molecule has 0 aliphatic carbocycles. The number of nitrogens with one attached hydrogen (secondary N) is 1. The van der Waals surface area contributed by atoms with Gasteiger partial charge in [-0.15, -0.1) is 0 Å². The first kappa shape index (κ1) is 15.9. The molecule has 1 rings (SSSR count). The van der Waals surface area contributed by atoms with Crippen LogP contribution in [-0.4, -0.2) is 57.4 Å². The molecule has 0 spiro atoms. The van der Waals surface area contributed by atoms with E-state index in [1.54, 1.807) is 4.31 Å². The van der Waals surface area contributed by atoms with Crippen LogP contribution < -0.4 is 5.32 Å². The molecule has 1 heterocycles. The molecule has 1 saturated heterocycles. The highest BCUT2D eigenvalue weighted by Crippen LogP contribution is 2.23. The van der Waals surface area contributed by atoms with Crippen molar-refractivity contribution >= 4 is 10.0 Å². The van der Waals surface area contributed by atoms with E-state index in [0.717, 1.165) is 25.8 Å². The summed E-state index contributed by atoms with van der Waals surface area (Å²) in [6.07, 6.45) is 3.01. The number of methoxy groups -OCH3 is 1. The van der Waals surface area contributed by atoms with E-state index in [1.165, 1.54) is 7.11 Å². The number of ether oxygens (including phenoxy) is 1. The van der Waals surface area contributed by atoms with Gasteiger partial charge in [0.05, 0.1) is 12.4 Å². The minimum Gasteiger partial charge on any atom is -0.384 e. The average molecular weight is 278 g/mol. The van der Waals surface area contributed by atoms with E-state index >= 15 is 0 Å². The molecule has 0 aromatic rings. The van der Waals surface area contributed by atoms with Crippen molar-refractivity contribution < 1.29 is 13.2 Å². The second-order valence-electron chi connectivity index (χ2n) is 4.83. The van der Waals surface area contributed by atoms with E-state index in [9.17, 15) is 8.42 Å². The maximum atomic E-state index is 12.3. The Kier molecular flexibility index (Phi) is 6.55. The van der Waals surface area contributed by atoms with Gasteiger partial charge in [0.25, 0.3) is 0 Å². The SMILES string of the molecule is CCNC(C)C1CCCCN1S(=O)(=O)CCOC. The molecule has 1 aliphatic heterocycles. The van der Waals surface area contributed by atoms with Crippen LogP contribution in [0.2, 0.25) is 0 Å². The molecule has 2 atom stereocenters. The minimum atomic E-state index is -3.19. The average Bonchev–Trinajstić information content (AvgIpc) is 2.37. The summed E-state index contributed by atoms with van der Waals surface area (Å²) < 4.78 is 31.1. The quantitative estimate of drug-likeness (QED) is 0.749. The number of nitrogens with zero attached hydrogens (tertiary/aromatic N) is 1. The van der Waals surface area contributed by atoms with E-state index in [4.69, 9.17) is 4.74 Å². The van der Waals surface area contributed by atoms with Gasteiger partial charge in [0.2, 0.25) is 10.0 Å². The third kappa shape index (κ3) is 4.19. The van der Waals surface area contributed by atoms with Gasteiger partial charge in [-0.3, -0.25) is 0 Å². The summed E-state index contributed by atoms with van der Waals surface area (Å²) in [5.74, 6) is 0.0822. The summed E-state index contributed by atoms with van der Waals surface area (Å²) >= 11 is 0. The molecule has 108 valence electrons. The molecule has 0 amide bonds. The molecule has 0 bridgehead atoms. The van der Waals surface area contributed by atoms with E-state index in [2.05, 4.69) is 12.2 Å². The van der Waals surface area contributed by atoms with Crippen LogP contribution in [-0.2, 0) is 14.8 Å². The normalized spacial score (nSPS) is 24.1. The second kappa shape index (κ2) is 7.43. The molecule has 0 saturated carbocycles. The van der Waals surface area contributed by atoms with E-state index in [-0.39, 0.29) is 24.4 Å².